The lowest BCUT2D eigenvalue weighted by Gasteiger charge is -2.39. The highest BCUT2D eigenvalue weighted by molar-refractivity contribution is 6.18. The Morgan fingerprint density at radius 1 is 0.314 bits per heavy atom. The first-order valence-corrected chi connectivity index (χ1v) is 24.1. The van der Waals surface area contributed by atoms with Crippen LogP contribution in [0.2, 0.25) is 0 Å². The lowest BCUT2D eigenvalue weighted by atomic mass is 9.66. The molecule has 12 aromatic rings. The van der Waals surface area contributed by atoms with Crippen LogP contribution in [-0.2, 0) is 5.41 Å². The second-order valence-corrected chi connectivity index (χ2v) is 18.3. The molecule has 1 spiro atoms. The minimum absolute atomic E-state index is 0.637. The maximum Gasteiger partial charge on any atom is 0.132 e. The van der Waals surface area contributed by atoms with E-state index in [2.05, 4.69) is 276 Å². The zero-order valence-corrected chi connectivity index (χ0v) is 38.2. The number of hydrogen-bond donors (Lipinski definition) is 0. The first-order chi connectivity index (χ1) is 34.8. The number of fused-ring (bicyclic) bond motifs is 12. The second-order valence-electron chi connectivity index (χ2n) is 18.3. The average Bonchev–Trinajstić information content (AvgIpc) is 3.94. The van der Waals surface area contributed by atoms with E-state index in [0.717, 1.165) is 67.5 Å². The van der Waals surface area contributed by atoms with Gasteiger partial charge in [-0.2, -0.15) is 0 Å². The van der Waals surface area contributed by atoms with Crippen molar-refractivity contribution in [2.24, 2.45) is 0 Å². The third-order valence-corrected chi connectivity index (χ3v) is 14.7. The van der Waals surface area contributed by atoms with Crippen LogP contribution in [-0.4, -0.2) is 4.57 Å². The van der Waals surface area contributed by atoms with Gasteiger partial charge in [-0.15, -0.1) is 0 Å². The minimum Gasteiger partial charge on any atom is -0.457 e. The van der Waals surface area contributed by atoms with Crippen LogP contribution in [0.25, 0.3) is 72.0 Å². The van der Waals surface area contributed by atoms with Crippen LogP contribution in [0.15, 0.2) is 267 Å². The van der Waals surface area contributed by atoms with E-state index in [0.29, 0.717) is 0 Å². The van der Waals surface area contributed by atoms with E-state index in [-0.39, 0.29) is 0 Å². The van der Waals surface area contributed by atoms with Crippen molar-refractivity contribution in [3.63, 3.8) is 0 Å². The van der Waals surface area contributed by atoms with Crippen LogP contribution < -0.4 is 9.64 Å². The molecule has 0 bridgehead atoms. The van der Waals surface area contributed by atoms with Crippen molar-refractivity contribution in [2.75, 3.05) is 4.90 Å². The van der Waals surface area contributed by atoms with Crippen molar-refractivity contribution in [1.82, 2.24) is 4.57 Å². The molecule has 1 aromatic heterocycles. The molecule has 1 aliphatic heterocycles. The number of hydrogen-bond acceptors (Lipinski definition) is 2. The fraction of sp³-hybridized carbons (Fsp3) is 0.0149. The smallest absolute Gasteiger partial charge is 0.132 e. The summed E-state index contributed by atoms with van der Waals surface area (Å²) < 4.78 is 9.19. The standard InChI is InChI=1S/C67H44N2O/c1-3-23-45(24-4-1)47-27-7-8-28-48(47)49-29-9-10-30-50(49)51-31-12-17-38-58(51)69(62-42-22-41-61-66(62)53-33-13-18-39-59(53)68(61)46-25-5-2-6-26-46)60-40-21-37-57-65(60)52-32-11-14-34-54(52)67(57)55-35-15-19-43-63(55)70-64-44-20-16-36-56(64)67/h1-44H. The summed E-state index contributed by atoms with van der Waals surface area (Å²) in [5.41, 5.74) is 20.3. The van der Waals surface area contributed by atoms with Crippen LogP contribution in [0, 0.1) is 0 Å². The molecule has 3 heteroatoms. The van der Waals surface area contributed by atoms with Gasteiger partial charge < -0.3 is 14.2 Å². The highest BCUT2D eigenvalue weighted by atomic mass is 16.5. The highest BCUT2D eigenvalue weighted by Crippen LogP contribution is 2.64. The quantitative estimate of drug-likeness (QED) is 0.159. The van der Waals surface area contributed by atoms with Crippen LogP contribution in [0.3, 0.4) is 0 Å². The number of nitrogens with zero attached hydrogens (tertiary/aromatic N) is 2. The van der Waals surface area contributed by atoms with Gasteiger partial charge >= 0.3 is 0 Å². The van der Waals surface area contributed by atoms with E-state index in [1.54, 1.807) is 0 Å². The van der Waals surface area contributed by atoms with Crippen molar-refractivity contribution in [2.45, 2.75) is 5.41 Å². The van der Waals surface area contributed by atoms with Gasteiger partial charge in [0.05, 0.1) is 33.5 Å². The van der Waals surface area contributed by atoms with Crippen LogP contribution in [0.4, 0.5) is 17.1 Å². The van der Waals surface area contributed by atoms with E-state index in [4.69, 9.17) is 4.74 Å². The summed E-state index contributed by atoms with van der Waals surface area (Å²) in [5, 5.41) is 2.37. The van der Waals surface area contributed by atoms with Crippen LogP contribution in [0.1, 0.15) is 22.3 Å². The maximum atomic E-state index is 6.77. The van der Waals surface area contributed by atoms with Gasteiger partial charge in [0.15, 0.2) is 0 Å². The normalized spacial score (nSPS) is 12.8. The molecule has 328 valence electrons. The minimum atomic E-state index is -0.637. The van der Waals surface area contributed by atoms with Gasteiger partial charge in [0.25, 0.3) is 0 Å². The van der Waals surface area contributed by atoms with E-state index in [1.165, 1.54) is 55.3 Å². The fourth-order valence-corrected chi connectivity index (χ4v) is 11.9. The molecule has 0 atom stereocenters. The SMILES string of the molecule is c1ccc(-c2ccccc2-c2ccccc2-c2ccccc2N(c2cccc3c2-c2ccccc2C32c3ccccc3Oc3ccccc32)c2cccc3c2c2ccccc2n3-c2ccccc2)cc1. The molecule has 2 aliphatic rings. The molecule has 1 aliphatic carbocycles. The summed E-state index contributed by atoms with van der Waals surface area (Å²) in [7, 11) is 0. The number of para-hydroxylation sites is 5. The van der Waals surface area contributed by atoms with E-state index in [9.17, 15) is 0 Å². The second kappa shape index (κ2) is 16.0. The summed E-state index contributed by atoms with van der Waals surface area (Å²) in [6, 6.07) is 97.3. The Kier molecular flexibility index (Phi) is 9.11. The number of rotatable bonds is 7. The maximum absolute atomic E-state index is 6.77. The van der Waals surface area contributed by atoms with E-state index in [1.807, 2.05) is 0 Å². The zero-order valence-electron chi connectivity index (χ0n) is 38.2. The lowest BCUT2D eigenvalue weighted by molar-refractivity contribution is 0.436. The molecule has 70 heavy (non-hydrogen) atoms. The van der Waals surface area contributed by atoms with Crippen molar-refractivity contribution < 1.29 is 4.74 Å². The lowest BCUT2D eigenvalue weighted by Crippen LogP contribution is -2.32. The molecule has 0 amide bonds. The van der Waals surface area contributed by atoms with E-state index < -0.39 is 5.41 Å². The van der Waals surface area contributed by atoms with Gasteiger partial charge in [-0.3, -0.25) is 0 Å². The molecule has 0 saturated heterocycles. The first-order valence-electron chi connectivity index (χ1n) is 24.1. The molecule has 3 nitrogen and oxygen atoms in total. The van der Waals surface area contributed by atoms with Gasteiger partial charge in [-0.25, -0.2) is 0 Å². The predicted molar refractivity (Wildman–Crippen MR) is 289 cm³/mol. The van der Waals surface area contributed by atoms with Crippen LogP contribution in [0.5, 0.6) is 11.5 Å². The Balaban J connectivity index is 1.10. The largest absolute Gasteiger partial charge is 0.457 e. The molecule has 0 unspecified atom stereocenters. The van der Waals surface area contributed by atoms with Crippen molar-refractivity contribution >= 4 is 38.9 Å². The highest BCUT2D eigenvalue weighted by Gasteiger charge is 2.52. The fourth-order valence-electron chi connectivity index (χ4n) is 11.9. The summed E-state index contributed by atoms with van der Waals surface area (Å²) >= 11 is 0. The monoisotopic (exact) mass is 892 g/mol. The summed E-state index contributed by atoms with van der Waals surface area (Å²) in [6.45, 7) is 0. The summed E-state index contributed by atoms with van der Waals surface area (Å²) in [5.74, 6) is 1.75. The number of ether oxygens (including phenoxy) is 1. The van der Waals surface area contributed by atoms with E-state index >= 15 is 0 Å². The van der Waals surface area contributed by atoms with Crippen molar-refractivity contribution in [3.8, 4) is 61.7 Å². The number of benzene rings is 11. The topological polar surface area (TPSA) is 17.4 Å². The summed E-state index contributed by atoms with van der Waals surface area (Å²) in [6.07, 6.45) is 0. The predicted octanol–water partition coefficient (Wildman–Crippen LogP) is 17.7. The van der Waals surface area contributed by atoms with Crippen molar-refractivity contribution in [1.29, 1.82) is 0 Å². The summed E-state index contributed by atoms with van der Waals surface area (Å²) in [4.78, 5) is 2.57. The third kappa shape index (κ3) is 5.82. The molecule has 0 saturated carbocycles. The third-order valence-electron chi connectivity index (χ3n) is 14.7. The molecular formula is C67H44N2O. The van der Waals surface area contributed by atoms with Gasteiger partial charge in [-0.1, -0.05) is 212 Å². The zero-order chi connectivity index (χ0) is 46.2. The first kappa shape index (κ1) is 39.9. The molecule has 0 N–H and O–H groups in total. The molecule has 11 aromatic carbocycles. The average molecular weight is 893 g/mol. The van der Waals surface area contributed by atoms with Gasteiger partial charge in [0.1, 0.15) is 11.5 Å². The Morgan fingerprint density at radius 3 is 1.51 bits per heavy atom. The molecule has 0 radical (unpaired) electrons. The van der Waals surface area contributed by atoms with Crippen LogP contribution >= 0.6 is 0 Å². The molecule has 0 fully saturated rings. The molecular weight excluding hydrogens is 849 g/mol. The van der Waals surface area contributed by atoms with Crippen molar-refractivity contribution in [3.05, 3.63) is 289 Å². The number of anilines is 3. The van der Waals surface area contributed by atoms with Gasteiger partial charge in [0.2, 0.25) is 0 Å². The number of aromatic nitrogens is 1. The Morgan fingerprint density at radius 2 is 0.786 bits per heavy atom. The van der Waals surface area contributed by atoms with Gasteiger partial charge in [0, 0.05) is 38.7 Å². The molecule has 14 rings (SSSR count). The Bertz CT molecular complexity index is 3950. The molecule has 2 heterocycles. The Labute approximate surface area is 407 Å². The van der Waals surface area contributed by atoms with Gasteiger partial charge in [-0.05, 0) is 99.1 Å². The Hall–Kier alpha value is -9.18.